The highest BCUT2D eigenvalue weighted by Crippen LogP contribution is 2.28. The van der Waals surface area contributed by atoms with Gasteiger partial charge in [-0.1, -0.05) is 61.0 Å². The van der Waals surface area contributed by atoms with Crippen molar-refractivity contribution in [2.45, 2.75) is 25.2 Å². The van der Waals surface area contributed by atoms with Crippen LogP contribution in [0.5, 0.6) is 0 Å². The van der Waals surface area contributed by atoms with Gasteiger partial charge >= 0.3 is 0 Å². The minimum Gasteiger partial charge on any atom is -0.368 e. The number of benzene rings is 3. The lowest BCUT2D eigenvalue weighted by Gasteiger charge is -2.37. The fourth-order valence-electron chi connectivity index (χ4n) is 4.27. The summed E-state index contributed by atoms with van der Waals surface area (Å²) >= 11 is 0. The molecule has 1 fully saturated rings. The molecule has 1 aliphatic rings. The molecule has 4 rings (SSSR count). The molecule has 3 aromatic rings. The summed E-state index contributed by atoms with van der Waals surface area (Å²) in [6.45, 7) is 6.22. The Kier molecular flexibility index (Phi) is 7.22. The number of sulfonamides is 1. The summed E-state index contributed by atoms with van der Waals surface area (Å²) in [4.78, 5) is 17.6. The first-order chi connectivity index (χ1) is 16.4. The molecule has 0 saturated carbocycles. The van der Waals surface area contributed by atoms with Crippen LogP contribution in [-0.4, -0.2) is 51.9 Å². The van der Waals surface area contributed by atoms with Gasteiger partial charge in [-0.15, -0.1) is 0 Å². The van der Waals surface area contributed by atoms with Crippen LogP contribution >= 0.6 is 0 Å². The smallest absolute Gasteiger partial charge is 0.264 e. The zero-order valence-corrected chi connectivity index (χ0v) is 20.5. The lowest BCUT2D eigenvalue weighted by atomic mass is 10.1. The Morgan fingerprint density at radius 1 is 0.853 bits per heavy atom. The fraction of sp³-hybridized carbons (Fsp3) is 0.296. The maximum atomic E-state index is 13.7. The van der Waals surface area contributed by atoms with E-state index in [4.69, 9.17) is 0 Å². The number of para-hydroxylation sites is 2. The molecular formula is C27H31N3O3S. The quantitative estimate of drug-likeness (QED) is 0.514. The highest BCUT2D eigenvalue weighted by molar-refractivity contribution is 7.92. The average molecular weight is 478 g/mol. The first kappa shape index (κ1) is 23.8. The maximum Gasteiger partial charge on any atom is 0.264 e. The van der Waals surface area contributed by atoms with Gasteiger partial charge < -0.3 is 9.80 Å². The number of hydrogen-bond donors (Lipinski definition) is 0. The lowest BCUT2D eigenvalue weighted by Crippen LogP contribution is -2.52. The zero-order valence-electron chi connectivity index (χ0n) is 19.7. The van der Waals surface area contributed by atoms with Crippen molar-refractivity contribution < 1.29 is 13.2 Å². The van der Waals surface area contributed by atoms with Crippen LogP contribution in [0.2, 0.25) is 0 Å². The number of hydrogen-bond acceptors (Lipinski definition) is 4. The van der Waals surface area contributed by atoms with E-state index in [0.29, 0.717) is 38.3 Å². The van der Waals surface area contributed by atoms with Gasteiger partial charge in [-0.3, -0.25) is 9.10 Å². The third kappa shape index (κ3) is 5.09. The number of carbonyl (C=O) groups is 1. The molecule has 0 atom stereocenters. The van der Waals surface area contributed by atoms with E-state index in [1.165, 1.54) is 4.31 Å². The van der Waals surface area contributed by atoms with Crippen molar-refractivity contribution in [1.29, 1.82) is 0 Å². The molecule has 0 spiro atoms. The van der Waals surface area contributed by atoms with Gasteiger partial charge in [0.05, 0.1) is 10.6 Å². The molecule has 178 valence electrons. The van der Waals surface area contributed by atoms with E-state index in [9.17, 15) is 13.2 Å². The molecule has 0 unspecified atom stereocenters. The number of carbonyl (C=O) groups excluding carboxylic acids is 1. The molecule has 1 aliphatic heterocycles. The third-order valence-corrected chi connectivity index (χ3v) is 8.06. The Labute approximate surface area is 202 Å². The molecule has 0 radical (unpaired) electrons. The van der Waals surface area contributed by atoms with Crippen molar-refractivity contribution in [3.63, 3.8) is 0 Å². The van der Waals surface area contributed by atoms with Crippen LogP contribution in [-0.2, 0) is 21.2 Å². The molecule has 3 aromatic carbocycles. The predicted octanol–water partition coefficient (Wildman–Crippen LogP) is 4.10. The monoisotopic (exact) mass is 477 g/mol. The van der Waals surface area contributed by atoms with Crippen LogP contribution in [0.1, 0.15) is 18.1 Å². The average Bonchev–Trinajstić information content (AvgIpc) is 2.88. The van der Waals surface area contributed by atoms with Gasteiger partial charge in [-0.05, 0) is 49.2 Å². The minimum absolute atomic E-state index is 0.186. The number of aryl methyl sites for hydroxylation is 2. The van der Waals surface area contributed by atoms with E-state index in [1.54, 1.807) is 35.2 Å². The molecule has 34 heavy (non-hydrogen) atoms. The standard InChI is InChI=1S/C27H31N3O3S/c1-3-23-9-7-8-12-26(23)30(34(32,33)25-15-13-22(2)14-16-25)21-27(31)29-19-17-28(18-20-29)24-10-5-4-6-11-24/h4-16H,3,17-21H2,1-2H3. The second-order valence-electron chi connectivity index (χ2n) is 8.51. The largest absolute Gasteiger partial charge is 0.368 e. The number of rotatable bonds is 7. The molecule has 7 heteroatoms. The van der Waals surface area contributed by atoms with Crippen LogP contribution in [0.3, 0.4) is 0 Å². The molecule has 1 saturated heterocycles. The number of anilines is 2. The molecule has 1 heterocycles. The van der Waals surface area contributed by atoms with Gasteiger partial charge in [-0.2, -0.15) is 0 Å². The van der Waals surface area contributed by atoms with Crippen molar-refractivity contribution in [2.75, 3.05) is 41.9 Å². The Hall–Kier alpha value is -3.32. The molecular weight excluding hydrogens is 446 g/mol. The van der Waals surface area contributed by atoms with Gasteiger partial charge in [0.15, 0.2) is 0 Å². The Bertz CT molecular complexity index is 1220. The predicted molar refractivity (Wildman–Crippen MR) is 137 cm³/mol. The summed E-state index contributed by atoms with van der Waals surface area (Å²) in [5, 5.41) is 0. The van der Waals surface area contributed by atoms with E-state index >= 15 is 0 Å². The first-order valence-electron chi connectivity index (χ1n) is 11.6. The SMILES string of the molecule is CCc1ccccc1N(CC(=O)N1CCN(c2ccccc2)CC1)S(=O)(=O)c1ccc(C)cc1. The summed E-state index contributed by atoms with van der Waals surface area (Å²) in [6, 6.07) is 24.3. The van der Waals surface area contributed by atoms with Gasteiger partial charge in [0.25, 0.3) is 10.0 Å². The summed E-state index contributed by atoms with van der Waals surface area (Å²) in [6.07, 6.45) is 0.667. The van der Waals surface area contributed by atoms with Crippen LogP contribution in [0.4, 0.5) is 11.4 Å². The van der Waals surface area contributed by atoms with Gasteiger partial charge in [0, 0.05) is 31.9 Å². The van der Waals surface area contributed by atoms with E-state index < -0.39 is 10.0 Å². The van der Waals surface area contributed by atoms with Crippen LogP contribution < -0.4 is 9.21 Å². The molecule has 6 nitrogen and oxygen atoms in total. The molecule has 0 N–H and O–H groups in total. The number of amides is 1. The van der Waals surface area contributed by atoms with E-state index in [2.05, 4.69) is 17.0 Å². The highest BCUT2D eigenvalue weighted by atomic mass is 32.2. The topological polar surface area (TPSA) is 60.9 Å². The van der Waals surface area contributed by atoms with Crippen molar-refractivity contribution in [3.8, 4) is 0 Å². The second-order valence-corrected chi connectivity index (χ2v) is 10.4. The van der Waals surface area contributed by atoms with Crippen molar-refractivity contribution in [1.82, 2.24) is 4.90 Å². The molecule has 0 aliphatic carbocycles. The van der Waals surface area contributed by atoms with Crippen LogP contribution in [0.15, 0.2) is 83.8 Å². The number of piperazine rings is 1. The van der Waals surface area contributed by atoms with Gasteiger partial charge in [0.2, 0.25) is 5.91 Å². The second kappa shape index (κ2) is 10.3. The van der Waals surface area contributed by atoms with Crippen LogP contribution in [0, 0.1) is 6.92 Å². The summed E-state index contributed by atoms with van der Waals surface area (Å²) in [7, 11) is -3.92. The summed E-state index contributed by atoms with van der Waals surface area (Å²) < 4.78 is 28.7. The molecule has 1 amide bonds. The van der Waals surface area contributed by atoms with Crippen molar-refractivity contribution in [3.05, 3.63) is 90.0 Å². The maximum absolute atomic E-state index is 13.7. The first-order valence-corrected chi connectivity index (χ1v) is 13.1. The summed E-state index contributed by atoms with van der Waals surface area (Å²) in [5.41, 5.74) is 3.56. The molecule has 0 bridgehead atoms. The zero-order chi connectivity index (χ0) is 24.1. The Morgan fingerprint density at radius 3 is 2.12 bits per heavy atom. The molecule has 0 aromatic heterocycles. The Morgan fingerprint density at radius 2 is 1.47 bits per heavy atom. The van der Waals surface area contributed by atoms with Gasteiger partial charge in [0.1, 0.15) is 6.54 Å². The lowest BCUT2D eigenvalue weighted by molar-refractivity contribution is -0.129. The fourth-order valence-corrected chi connectivity index (χ4v) is 5.72. The highest BCUT2D eigenvalue weighted by Gasteiger charge is 2.31. The van der Waals surface area contributed by atoms with Gasteiger partial charge in [-0.25, -0.2) is 8.42 Å². The summed E-state index contributed by atoms with van der Waals surface area (Å²) in [5.74, 6) is -0.186. The van der Waals surface area contributed by atoms with E-state index in [1.807, 2.05) is 50.2 Å². The van der Waals surface area contributed by atoms with E-state index in [0.717, 1.165) is 16.8 Å². The van der Waals surface area contributed by atoms with Crippen molar-refractivity contribution in [2.24, 2.45) is 0 Å². The Balaban J connectivity index is 1.58. The third-order valence-electron chi connectivity index (χ3n) is 6.28. The van der Waals surface area contributed by atoms with Crippen LogP contribution in [0.25, 0.3) is 0 Å². The van der Waals surface area contributed by atoms with Crippen molar-refractivity contribution >= 4 is 27.3 Å². The minimum atomic E-state index is -3.92. The van der Waals surface area contributed by atoms with E-state index in [-0.39, 0.29) is 17.3 Å². The normalized spacial score (nSPS) is 14.2. The number of nitrogens with zero attached hydrogens (tertiary/aromatic N) is 3.